The van der Waals surface area contributed by atoms with Crippen molar-refractivity contribution in [3.05, 3.63) is 70.2 Å². The SMILES string of the molecule is O=C1N[C@H]2C[C@@H](C(=O)NC[C@H]3O[C@H](CCOc4cc(-c5ccc(F)cc5F)ccc41)CC[C@@H]3O)N(Cc1nccs1)C2. The van der Waals surface area contributed by atoms with E-state index in [4.69, 9.17) is 9.47 Å². The highest BCUT2D eigenvalue weighted by Gasteiger charge is 2.39. The second kappa shape index (κ2) is 12.4. The first-order chi connectivity index (χ1) is 20.3. The molecule has 12 heteroatoms. The number of benzene rings is 2. The summed E-state index contributed by atoms with van der Waals surface area (Å²) in [5.74, 6) is -1.70. The largest absolute Gasteiger partial charge is 0.493 e. The van der Waals surface area contributed by atoms with Crippen molar-refractivity contribution in [1.82, 2.24) is 20.5 Å². The lowest BCUT2D eigenvalue weighted by molar-refractivity contribution is -0.133. The number of nitrogens with zero attached hydrogens (tertiary/aromatic N) is 2. The Morgan fingerprint density at radius 1 is 1.10 bits per heavy atom. The number of fused-ring (bicyclic) bond motifs is 5. The molecule has 3 aromatic rings. The van der Waals surface area contributed by atoms with Crippen molar-refractivity contribution in [3.63, 3.8) is 0 Å². The molecule has 9 nitrogen and oxygen atoms in total. The average molecular weight is 599 g/mol. The Labute approximate surface area is 245 Å². The van der Waals surface area contributed by atoms with Gasteiger partial charge in [-0.1, -0.05) is 6.07 Å². The van der Waals surface area contributed by atoms with Crippen LogP contribution in [0.25, 0.3) is 11.1 Å². The molecule has 4 bridgehead atoms. The summed E-state index contributed by atoms with van der Waals surface area (Å²) in [7, 11) is 0. The molecule has 2 amide bonds. The van der Waals surface area contributed by atoms with Gasteiger partial charge in [0.1, 0.15) is 28.5 Å². The third kappa shape index (κ3) is 6.31. The van der Waals surface area contributed by atoms with E-state index in [-0.39, 0.29) is 54.0 Å². The molecule has 2 fully saturated rings. The van der Waals surface area contributed by atoms with Crippen LogP contribution in [0.2, 0.25) is 0 Å². The fourth-order valence-electron chi connectivity index (χ4n) is 5.91. The molecule has 0 saturated carbocycles. The molecule has 0 radical (unpaired) electrons. The summed E-state index contributed by atoms with van der Waals surface area (Å²) in [5, 5.41) is 19.3. The molecular formula is C30H32F2N4O5S. The molecule has 5 atom stereocenters. The molecule has 2 aromatic carbocycles. The van der Waals surface area contributed by atoms with Crippen LogP contribution in [0, 0.1) is 11.6 Å². The van der Waals surface area contributed by atoms with E-state index < -0.39 is 29.9 Å². The maximum absolute atomic E-state index is 14.6. The summed E-state index contributed by atoms with van der Waals surface area (Å²) >= 11 is 1.50. The highest BCUT2D eigenvalue weighted by atomic mass is 32.1. The Hall–Kier alpha value is -3.45. The molecule has 222 valence electrons. The molecule has 42 heavy (non-hydrogen) atoms. The van der Waals surface area contributed by atoms with E-state index in [9.17, 15) is 23.5 Å². The van der Waals surface area contributed by atoms with E-state index in [0.29, 0.717) is 44.3 Å². The van der Waals surface area contributed by atoms with Gasteiger partial charge in [0.25, 0.3) is 5.91 Å². The minimum absolute atomic E-state index is 0.172. The van der Waals surface area contributed by atoms with Gasteiger partial charge in [-0.25, -0.2) is 13.8 Å². The molecule has 6 rings (SSSR count). The van der Waals surface area contributed by atoms with Crippen molar-refractivity contribution in [1.29, 1.82) is 0 Å². The third-order valence-corrected chi connectivity index (χ3v) is 8.85. The molecule has 1 aromatic heterocycles. The number of aliphatic hydroxyl groups is 1. The summed E-state index contributed by atoms with van der Waals surface area (Å²) in [5.41, 5.74) is 0.897. The zero-order valence-corrected chi connectivity index (χ0v) is 23.6. The summed E-state index contributed by atoms with van der Waals surface area (Å²) in [4.78, 5) is 33.3. The fourth-order valence-corrected chi connectivity index (χ4v) is 6.55. The Bertz CT molecular complexity index is 1440. The minimum atomic E-state index is -0.719. The Morgan fingerprint density at radius 2 is 1.95 bits per heavy atom. The van der Waals surface area contributed by atoms with Gasteiger partial charge in [0, 0.05) is 48.8 Å². The van der Waals surface area contributed by atoms with Crippen molar-refractivity contribution in [2.75, 3.05) is 19.7 Å². The van der Waals surface area contributed by atoms with E-state index in [0.717, 1.165) is 11.1 Å². The second-order valence-electron chi connectivity index (χ2n) is 10.9. The smallest absolute Gasteiger partial charge is 0.255 e. The first kappa shape index (κ1) is 28.7. The minimum Gasteiger partial charge on any atom is -0.493 e. The number of ether oxygens (including phenoxy) is 2. The van der Waals surface area contributed by atoms with Crippen LogP contribution in [0.5, 0.6) is 5.75 Å². The Morgan fingerprint density at radius 3 is 2.76 bits per heavy atom. The van der Waals surface area contributed by atoms with Gasteiger partial charge in [-0.2, -0.15) is 0 Å². The predicted molar refractivity (Wildman–Crippen MR) is 151 cm³/mol. The molecule has 3 aliphatic heterocycles. The van der Waals surface area contributed by atoms with Crippen LogP contribution >= 0.6 is 11.3 Å². The number of aliphatic hydroxyl groups excluding tert-OH is 1. The van der Waals surface area contributed by atoms with E-state index in [1.165, 1.54) is 23.5 Å². The lowest BCUT2D eigenvalue weighted by atomic mass is 9.99. The molecule has 3 N–H and O–H groups in total. The van der Waals surface area contributed by atoms with Crippen LogP contribution in [0.3, 0.4) is 0 Å². The topological polar surface area (TPSA) is 113 Å². The van der Waals surface area contributed by atoms with Crippen molar-refractivity contribution in [2.45, 2.75) is 62.6 Å². The number of halogens is 2. The number of likely N-dealkylation sites (tertiary alicyclic amines) is 1. The molecule has 0 aliphatic carbocycles. The Balaban J connectivity index is 1.30. The van der Waals surface area contributed by atoms with E-state index in [1.807, 2.05) is 10.3 Å². The van der Waals surface area contributed by atoms with Crippen LogP contribution < -0.4 is 15.4 Å². The quantitative estimate of drug-likeness (QED) is 0.424. The molecular weight excluding hydrogens is 566 g/mol. The molecule has 0 spiro atoms. The average Bonchev–Trinajstić information content (AvgIpc) is 3.62. The number of nitrogens with one attached hydrogen (secondary N) is 2. The van der Waals surface area contributed by atoms with Gasteiger partial charge in [0.05, 0.1) is 37.0 Å². The van der Waals surface area contributed by atoms with Gasteiger partial charge < -0.3 is 25.2 Å². The molecule has 2 saturated heterocycles. The maximum atomic E-state index is 14.6. The van der Waals surface area contributed by atoms with Gasteiger partial charge in [-0.05, 0) is 49.1 Å². The maximum Gasteiger partial charge on any atom is 0.255 e. The standard InChI is InChI=1S/C30H32F2N4O5S/c31-18-2-5-21(23(32)12-18)17-1-4-22-26(11-17)40-9-7-20-3-6-25(37)27(41-20)14-34-30(39)24-13-19(35-29(22)38)15-36(24)16-28-33-8-10-42-28/h1-2,4-5,8,10-12,19-20,24-25,27,37H,3,6-7,9,13-16H2,(H,34,39)(H,35,38)/t19-,20-,24-,25-,27+/m0/s1. The van der Waals surface area contributed by atoms with Crippen molar-refractivity contribution in [3.8, 4) is 16.9 Å². The van der Waals surface area contributed by atoms with Gasteiger partial charge in [-0.15, -0.1) is 11.3 Å². The number of hydrogen-bond donors (Lipinski definition) is 3. The number of hydrogen-bond acceptors (Lipinski definition) is 8. The normalized spacial score (nSPS) is 27.1. The van der Waals surface area contributed by atoms with Crippen LogP contribution in [0.15, 0.2) is 48.0 Å². The number of rotatable bonds is 3. The van der Waals surface area contributed by atoms with E-state index in [2.05, 4.69) is 15.6 Å². The fraction of sp³-hybridized carbons (Fsp3) is 0.433. The second-order valence-corrected chi connectivity index (χ2v) is 11.9. The number of carbonyl (C=O) groups is 2. The van der Waals surface area contributed by atoms with Gasteiger partial charge in [0.2, 0.25) is 5.91 Å². The zero-order chi connectivity index (χ0) is 29.2. The highest BCUT2D eigenvalue weighted by Crippen LogP contribution is 2.31. The summed E-state index contributed by atoms with van der Waals surface area (Å²) < 4.78 is 40.4. The van der Waals surface area contributed by atoms with Crippen LogP contribution in [0.1, 0.15) is 41.0 Å². The number of amides is 2. The summed E-state index contributed by atoms with van der Waals surface area (Å²) in [6.07, 6.45) is 2.27. The summed E-state index contributed by atoms with van der Waals surface area (Å²) in [6.45, 7) is 1.27. The number of carbonyl (C=O) groups excluding carboxylic acids is 2. The molecule has 3 aliphatic rings. The number of thiazole rings is 1. The summed E-state index contributed by atoms with van der Waals surface area (Å²) in [6, 6.07) is 7.27. The van der Waals surface area contributed by atoms with Gasteiger partial charge >= 0.3 is 0 Å². The van der Waals surface area contributed by atoms with Crippen LogP contribution in [-0.2, 0) is 16.1 Å². The predicted octanol–water partition coefficient (Wildman–Crippen LogP) is 3.27. The third-order valence-electron chi connectivity index (χ3n) is 8.09. The molecule has 0 unspecified atom stereocenters. The lowest BCUT2D eigenvalue weighted by Crippen LogP contribution is -2.50. The van der Waals surface area contributed by atoms with E-state index in [1.54, 1.807) is 24.4 Å². The zero-order valence-electron chi connectivity index (χ0n) is 22.8. The van der Waals surface area contributed by atoms with Gasteiger partial charge in [0.15, 0.2) is 0 Å². The van der Waals surface area contributed by atoms with Crippen LogP contribution in [-0.4, -0.2) is 76.9 Å². The molecule has 4 heterocycles. The van der Waals surface area contributed by atoms with Crippen molar-refractivity contribution in [2.24, 2.45) is 0 Å². The first-order valence-corrected chi connectivity index (χ1v) is 15.0. The van der Waals surface area contributed by atoms with Crippen LogP contribution in [0.4, 0.5) is 8.78 Å². The van der Waals surface area contributed by atoms with Crippen molar-refractivity contribution < 1.29 is 33.0 Å². The van der Waals surface area contributed by atoms with Crippen molar-refractivity contribution >= 4 is 23.2 Å². The van der Waals surface area contributed by atoms with E-state index >= 15 is 0 Å². The Kier molecular flexibility index (Phi) is 8.48. The van der Waals surface area contributed by atoms with Gasteiger partial charge in [-0.3, -0.25) is 14.5 Å². The highest BCUT2D eigenvalue weighted by molar-refractivity contribution is 7.09. The lowest BCUT2D eigenvalue weighted by Gasteiger charge is -2.34. The first-order valence-electron chi connectivity index (χ1n) is 14.1. The monoisotopic (exact) mass is 598 g/mol. The number of aromatic nitrogens is 1.